The van der Waals surface area contributed by atoms with Crippen LogP contribution < -0.4 is 5.32 Å². The number of rotatable bonds is 5. The molecule has 31 heavy (non-hydrogen) atoms. The van der Waals surface area contributed by atoms with Crippen LogP contribution in [0.1, 0.15) is 0 Å². The molecule has 10 heteroatoms. The third kappa shape index (κ3) is 3.62. The van der Waals surface area contributed by atoms with Crippen molar-refractivity contribution < 1.29 is 4.79 Å². The van der Waals surface area contributed by atoms with Gasteiger partial charge in [0.25, 0.3) is 0 Å². The quantitative estimate of drug-likeness (QED) is 0.472. The van der Waals surface area contributed by atoms with Gasteiger partial charge in [0.1, 0.15) is 30.0 Å². The van der Waals surface area contributed by atoms with Crippen LogP contribution in [0.2, 0.25) is 0 Å². The maximum absolute atomic E-state index is 12.6. The fourth-order valence-corrected chi connectivity index (χ4v) is 3.35. The van der Waals surface area contributed by atoms with Crippen LogP contribution in [0.5, 0.6) is 0 Å². The average molecular weight is 411 g/mol. The fourth-order valence-electron chi connectivity index (χ4n) is 3.35. The lowest BCUT2D eigenvalue weighted by Crippen LogP contribution is -2.19. The highest BCUT2D eigenvalue weighted by molar-refractivity contribution is 5.93. The molecule has 0 spiro atoms. The Bertz CT molecular complexity index is 1360. The number of aryl methyl sites for hydroxylation is 1. The van der Waals surface area contributed by atoms with Crippen LogP contribution in [0, 0.1) is 0 Å². The molecule has 5 heterocycles. The van der Waals surface area contributed by atoms with E-state index in [4.69, 9.17) is 0 Å². The highest BCUT2D eigenvalue weighted by Crippen LogP contribution is 2.25. The number of amides is 1. The topological polar surface area (TPSA) is 116 Å². The van der Waals surface area contributed by atoms with E-state index in [0.29, 0.717) is 11.5 Å². The summed E-state index contributed by atoms with van der Waals surface area (Å²) < 4.78 is 3.53. The molecule has 152 valence electrons. The van der Waals surface area contributed by atoms with E-state index in [1.165, 1.54) is 6.33 Å². The Balaban J connectivity index is 1.33. The van der Waals surface area contributed by atoms with E-state index in [9.17, 15) is 4.79 Å². The van der Waals surface area contributed by atoms with E-state index in [0.717, 1.165) is 28.0 Å². The summed E-state index contributed by atoms with van der Waals surface area (Å²) in [6, 6.07) is 7.37. The van der Waals surface area contributed by atoms with Gasteiger partial charge in [-0.2, -0.15) is 5.10 Å². The van der Waals surface area contributed by atoms with Crippen LogP contribution in [0.4, 0.5) is 5.82 Å². The molecule has 0 aliphatic heterocycles. The molecular formula is C21H17N9O. The van der Waals surface area contributed by atoms with E-state index in [-0.39, 0.29) is 12.5 Å². The van der Waals surface area contributed by atoms with Gasteiger partial charge in [-0.25, -0.2) is 15.0 Å². The number of nitrogens with one attached hydrogen (secondary N) is 1. The number of nitrogens with zero attached hydrogens (tertiary/aromatic N) is 8. The van der Waals surface area contributed by atoms with Crippen molar-refractivity contribution in [3.05, 3.63) is 67.8 Å². The van der Waals surface area contributed by atoms with E-state index in [1.807, 2.05) is 31.4 Å². The van der Waals surface area contributed by atoms with Gasteiger partial charge < -0.3 is 9.88 Å². The molecule has 1 amide bonds. The first-order valence-electron chi connectivity index (χ1n) is 9.49. The summed E-state index contributed by atoms with van der Waals surface area (Å²) in [5.74, 6) is 0.247. The van der Waals surface area contributed by atoms with Crippen LogP contribution >= 0.6 is 0 Å². The highest BCUT2D eigenvalue weighted by atomic mass is 16.2. The molecule has 5 rings (SSSR count). The lowest BCUT2D eigenvalue weighted by Gasteiger charge is -2.08. The second-order valence-electron chi connectivity index (χ2n) is 6.81. The number of carbonyl (C=O) groups is 1. The van der Waals surface area contributed by atoms with Gasteiger partial charge in [-0.1, -0.05) is 0 Å². The van der Waals surface area contributed by atoms with Gasteiger partial charge in [0.15, 0.2) is 0 Å². The summed E-state index contributed by atoms with van der Waals surface area (Å²) in [6.07, 6.45) is 11.6. The van der Waals surface area contributed by atoms with Crippen molar-refractivity contribution in [2.75, 3.05) is 5.32 Å². The third-order valence-electron chi connectivity index (χ3n) is 4.82. The van der Waals surface area contributed by atoms with Crippen molar-refractivity contribution in [2.24, 2.45) is 7.05 Å². The molecule has 5 aromatic heterocycles. The van der Waals surface area contributed by atoms with Crippen LogP contribution in [0.3, 0.4) is 0 Å². The summed E-state index contributed by atoms with van der Waals surface area (Å²) in [5.41, 5.74) is 3.86. The maximum atomic E-state index is 12.6. The van der Waals surface area contributed by atoms with Gasteiger partial charge in [0.05, 0.1) is 17.6 Å². The number of fused-ring (bicyclic) bond motifs is 1. The standard InChI is InChI=1S/C21H17N9O/c1-29-17(4-6-27-29)20-15-5-9-30(21(15)26-13-25-20)12-19(31)28-18-3-2-14(10-24-18)16-11-22-7-8-23-16/h2-11,13H,12H2,1H3,(H,24,28,31). The molecule has 0 aliphatic rings. The van der Waals surface area contributed by atoms with Gasteiger partial charge >= 0.3 is 0 Å². The summed E-state index contributed by atoms with van der Waals surface area (Å²) >= 11 is 0. The summed E-state index contributed by atoms with van der Waals surface area (Å²) in [4.78, 5) is 33.9. The molecule has 0 saturated heterocycles. The Morgan fingerprint density at radius 3 is 2.68 bits per heavy atom. The number of carbonyl (C=O) groups excluding carboxylic acids is 1. The highest BCUT2D eigenvalue weighted by Gasteiger charge is 2.14. The van der Waals surface area contributed by atoms with Crippen molar-refractivity contribution in [3.63, 3.8) is 0 Å². The SMILES string of the molecule is Cn1nccc1-c1ncnc2c1ccn2CC(=O)Nc1ccc(-c2cnccn2)cn1. The number of anilines is 1. The summed E-state index contributed by atoms with van der Waals surface area (Å²) in [6.45, 7) is 0.0962. The minimum Gasteiger partial charge on any atom is -0.323 e. The second-order valence-corrected chi connectivity index (χ2v) is 6.81. The molecule has 5 aromatic rings. The molecule has 1 N–H and O–H groups in total. The minimum absolute atomic E-state index is 0.0962. The van der Waals surface area contributed by atoms with Crippen LogP contribution in [0.25, 0.3) is 33.7 Å². The molecule has 0 radical (unpaired) electrons. The van der Waals surface area contributed by atoms with Crippen LogP contribution in [-0.2, 0) is 18.4 Å². The van der Waals surface area contributed by atoms with Crippen molar-refractivity contribution in [1.82, 2.24) is 39.3 Å². The maximum Gasteiger partial charge on any atom is 0.245 e. The molecule has 0 unspecified atom stereocenters. The number of hydrogen-bond acceptors (Lipinski definition) is 7. The zero-order valence-corrected chi connectivity index (χ0v) is 16.5. The van der Waals surface area contributed by atoms with Gasteiger partial charge in [-0.15, -0.1) is 0 Å². The van der Waals surface area contributed by atoms with Crippen LogP contribution in [-0.4, -0.2) is 45.2 Å². The normalized spacial score (nSPS) is 11.0. The molecule has 0 bridgehead atoms. The molecule has 0 aromatic carbocycles. The Morgan fingerprint density at radius 1 is 1.00 bits per heavy atom. The van der Waals surface area contributed by atoms with Crippen molar-refractivity contribution >= 4 is 22.8 Å². The Hall–Kier alpha value is -4.47. The summed E-state index contributed by atoms with van der Waals surface area (Å²) in [5, 5.41) is 7.86. The Kier molecular flexibility index (Phi) is 4.64. The molecule has 0 aliphatic carbocycles. The monoisotopic (exact) mass is 411 g/mol. The van der Waals surface area contributed by atoms with E-state index in [1.54, 1.807) is 46.3 Å². The van der Waals surface area contributed by atoms with E-state index in [2.05, 4.69) is 35.3 Å². The third-order valence-corrected chi connectivity index (χ3v) is 4.82. The van der Waals surface area contributed by atoms with E-state index < -0.39 is 0 Å². The molecule has 10 nitrogen and oxygen atoms in total. The number of aromatic nitrogens is 8. The predicted octanol–water partition coefficient (Wildman–Crippen LogP) is 2.32. The van der Waals surface area contributed by atoms with E-state index >= 15 is 0 Å². The lowest BCUT2D eigenvalue weighted by molar-refractivity contribution is -0.116. The smallest absolute Gasteiger partial charge is 0.245 e. The number of hydrogen-bond donors (Lipinski definition) is 1. The lowest BCUT2D eigenvalue weighted by atomic mass is 10.2. The predicted molar refractivity (Wildman–Crippen MR) is 114 cm³/mol. The Morgan fingerprint density at radius 2 is 1.94 bits per heavy atom. The largest absolute Gasteiger partial charge is 0.323 e. The molecule has 0 atom stereocenters. The summed E-state index contributed by atoms with van der Waals surface area (Å²) in [7, 11) is 1.86. The van der Waals surface area contributed by atoms with Crippen molar-refractivity contribution in [3.8, 4) is 22.6 Å². The van der Waals surface area contributed by atoms with Crippen molar-refractivity contribution in [2.45, 2.75) is 6.54 Å². The van der Waals surface area contributed by atoms with Gasteiger partial charge in [-0.3, -0.25) is 19.4 Å². The van der Waals surface area contributed by atoms with Gasteiger partial charge in [-0.05, 0) is 24.3 Å². The zero-order chi connectivity index (χ0) is 21.2. The first-order valence-corrected chi connectivity index (χ1v) is 9.49. The van der Waals surface area contributed by atoms with Gasteiger partial charge in [0.2, 0.25) is 5.91 Å². The first kappa shape index (κ1) is 18.6. The fraction of sp³-hybridized carbons (Fsp3) is 0.0952. The molecule has 0 fully saturated rings. The van der Waals surface area contributed by atoms with Crippen LogP contribution in [0.15, 0.2) is 67.8 Å². The minimum atomic E-state index is -0.210. The van der Waals surface area contributed by atoms with Gasteiger partial charge in [0, 0.05) is 49.0 Å². The molecular weight excluding hydrogens is 394 g/mol. The molecule has 0 saturated carbocycles. The van der Waals surface area contributed by atoms with Crippen molar-refractivity contribution in [1.29, 1.82) is 0 Å². The first-order chi connectivity index (χ1) is 15.2. The zero-order valence-electron chi connectivity index (χ0n) is 16.5. The Labute approximate surface area is 176 Å². The average Bonchev–Trinajstić information content (AvgIpc) is 3.41. The second kappa shape index (κ2) is 7.75. The number of pyridine rings is 1.